The van der Waals surface area contributed by atoms with Crippen LogP contribution in [0, 0.1) is 0 Å². The maximum Gasteiger partial charge on any atom is 0.258 e. The Kier molecular flexibility index (Phi) is 16.5. The van der Waals surface area contributed by atoms with E-state index in [0.29, 0.717) is 45.4 Å². The van der Waals surface area contributed by atoms with Crippen molar-refractivity contribution in [1.29, 1.82) is 0 Å². The lowest BCUT2D eigenvalue weighted by molar-refractivity contribution is 0.409. The summed E-state index contributed by atoms with van der Waals surface area (Å²) in [5.41, 5.74) is 8.25. The Morgan fingerprint density at radius 3 is 1.67 bits per heavy atom. The lowest BCUT2D eigenvalue weighted by Gasteiger charge is -2.44. The summed E-state index contributed by atoms with van der Waals surface area (Å²) in [5, 5.41) is 13.9. The van der Waals surface area contributed by atoms with Crippen molar-refractivity contribution < 1.29 is 18.7 Å². The Bertz CT molecular complexity index is 1530. The predicted molar refractivity (Wildman–Crippen MR) is 230 cm³/mol. The molecule has 0 atom stereocenters. The van der Waals surface area contributed by atoms with E-state index < -0.39 is 16.6 Å². The molecule has 0 aliphatic rings. The Hall–Kier alpha value is -2.16. The summed E-state index contributed by atoms with van der Waals surface area (Å²) >= 11 is 7.08. The van der Waals surface area contributed by atoms with E-state index in [-0.39, 0.29) is 10.8 Å². The van der Waals surface area contributed by atoms with Crippen LogP contribution in [-0.4, -0.2) is 28.9 Å². The number of hydrogen-bond acceptors (Lipinski definition) is 4. The highest BCUT2D eigenvalue weighted by molar-refractivity contribution is 6.79. The monoisotopic (exact) mass is 756 g/mol. The van der Waals surface area contributed by atoms with Crippen molar-refractivity contribution in [2.45, 2.75) is 177 Å². The summed E-state index contributed by atoms with van der Waals surface area (Å²) in [6.07, 6.45) is 8.08. The fourth-order valence-corrected chi connectivity index (χ4v) is 19.6. The Labute approximate surface area is 320 Å². The summed E-state index contributed by atoms with van der Waals surface area (Å²) < 4.78 is 21.0. The number of phenols is 1. The van der Waals surface area contributed by atoms with E-state index in [1.165, 1.54) is 22.3 Å². The third kappa shape index (κ3) is 9.89. The van der Waals surface area contributed by atoms with Gasteiger partial charge in [0.2, 0.25) is 0 Å². The molecule has 0 spiro atoms. The summed E-state index contributed by atoms with van der Waals surface area (Å²) in [4.78, 5) is 0. The van der Waals surface area contributed by atoms with Crippen molar-refractivity contribution in [3.63, 3.8) is 0 Å². The first kappa shape index (κ1) is 45.0. The van der Waals surface area contributed by atoms with Gasteiger partial charge >= 0.3 is 0 Å². The highest BCUT2D eigenvalue weighted by Crippen LogP contribution is 2.53. The van der Waals surface area contributed by atoms with Gasteiger partial charge < -0.3 is 18.7 Å². The van der Waals surface area contributed by atoms with Crippen LogP contribution in [0.1, 0.15) is 143 Å². The molecular formula is C44H73ClO4Si2. The molecule has 2 aromatic rings. The molecule has 1 N–H and O–H groups in total. The number of aromatic hydroxyl groups is 1. The van der Waals surface area contributed by atoms with Crippen molar-refractivity contribution in [3.05, 3.63) is 57.2 Å². The number of phenolic OH excluding ortho intramolecular Hbond substituents is 1. The molecule has 0 amide bonds. The van der Waals surface area contributed by atoms with E-state index >= 15 is 0 Å². The Balaban J connectivity index is 3.09. The van der Waals surface area contributed by atoms with Gasteiger partial charge in [0.15, 0.2) is 5.75 Å². The second kappa shape index (κ2) is 18.7. The molecule has 0 bridgehead atoms. The molecule has 0 aliphatic heterocycles. The number of halogens is 1. The summed E-state index contributed by atoms with van der Waals surface area (Å²) in [5.74, 6) is 2.06. The fourth-order valence-electron chi connectivity index (χ4n) is 8.81. The summed E-state index contributed by atoms with van der Waals surface area (Å²) in [6.45, 7) is 38.6. The lowest BCUT2D eigenvalue weighted by atomic mass is 9.92. The summed E-state index contributed by atoms with van der Waals surface area (Å²) in [7, 11) is -3.15. The van der Waals surface area contributed by atoms with E-state index in [9.17, 15) is 5.11 Å². The zero-order chi connectivity index (χ0) is 39.2. The molecule has 2 rings (SSSR count). The van der Waals surface area contributed by atoms with Gasteiger partial charge in [-0.2, -0.15) is 0 Å². The molecule has 0 aromatic heterocycles. The first-order valence-electron chi connectivity index (χ1n) is 19.5. The standard InChI is InChI=1S/C44H73ClO4Si2/c1-27(2)20-19-21-35(17)22-23-36(28(3)4)24-39-38-25-37(48-50(29(5)6,30(7)8)31(9)10)26-40(41(38)44(47-18)42(45)43(39)46)49-51(32(11)12,33(13)14)34(15)16/h20,22,25-26,29-34,46H,19,21,23-24H2,1-18H3/b35-22+. The molecule has 288 valence electrons. The van der Waals surface area contributed by atoms with E-state index in [4.69, 9.17) is 25.2 Å². The maximum absolute atomic E-state index is 11.9. The van der Waals surface area contributed by atoms with Gasteiger partial charge in [-0.1, -0.05) is 129 Å². The smallest absolute Gasteiger partial charge is 0.258 e. The van der Waals surface area contributed by atoms with Gasteiger partial charge in [0.25, 0.3) is 16.6 Å². The van der Waals surface area contributed by atoms with Crippen LogP contribution in [0.15, 0.2) is 46.6 Å². The highest BCUT2D eigenvalue weighted by atomic mass is 35.5. The first-order valence-corrected chi connectivity index (χ1v) is 24.1. The number of methoxy groups -OCH3 is 1. The minimum Gasteiger partial charge on any atom is -0.543 e. The van der Waals surface area contributed by atoms with Crippen molar-refractivity contribution in [2.24, 2.45) is 0 Å². The van der Waals surface area contributed by atoms with Crippen molar-refractivity contribution in [3.8, 4) is 23.0 Å². The molecule has 0 aliphatic carbocycles. The van der Waals surface area contributed by atoms with Crippen LogP contribution in [0.4, 0.5) is 0 Å². The van der Waals surface area contributed by atoms with Crippen molar-refractivity contribution in [1.82, 2.24) is 0 Å². The summed E-state index contributed by atoms with van der Waals surface area (Å²) in [6, 6.07) is 4.25. The third-order valence-corrected chi connectivity index (χ3v) is 23.7. The van der Waals surface area contributed by atoms with Gasteiger partial charge in [-0.15, -0.1) is 0 Å². The second-order valence-electron chi connectivity index (χ2n) is 17.2. The molecule has 0 radical (unpaired) electrons. The minimum atomic E-state index is -2.44. The molecular weight excluding hydrogens is 684 g/mol. The molecule has 4 nitrogen and oxygen atoms in total. The zero-order valence-electron chi connectivity index (χ0n) is 35.7. The van der Waals surface area contributed by atoms with E-state index in [0.717, 1.165) is 47.1 Å². The van der Waals surface area contributed by atoms with Gasteiger partial charge in [-0.25, -0.2) is 0 Å². The maximum atomic E-state index is 11.9. The minimum absolute atomic E-state index is 0.0623. The molecule has 51 heavy (non-hydrogen) atoms. The normalized spacial score (nSPS) is 13.0. The van der Waals surface area contributed by atoms with Crippen LogP contribution in [0.2, 0.25) is 38.3 Å². The van der Waals surface area contributed by atoms with E-state index in [1.807, 2.05) is 0 Å². The largest absolute Gasteiger partial charge is 0.543 e. The first-order chi connectivity index (χ1) is 23.6. The van der Waals surface area contributed by atoms with Crippen molar-refractivity contribution in [2.75, 3.05) is 7.11 Å². The Morgan fingerprint density at radius 2 is 1.24 bits per heavy atom. The van der Waals surface area contributed by atoms with E-state index in [2.05, 4.69) is 142 Å². The molecule has 7 heteroatoms. The third-order valence-electron chi connectivity index (χ3n) is 11.4. The van der Waals surface area contributed by atoms with Crippen molar-refractivity contribution >= 4 is 39.0 Å². The number of ether oxygens (including phenoxy) is 1. The SMILES string of the molecule is COc1c(Cl)c(O)c(CC(C/C=C(\C)CCC=C(C)C)=C(C)C)c2cc(O[Si](C(C)C)(C(C)C)C(C)C)cc(O[Si](C(C)C)(C(C)C)C(C)C)c12. The predicted octanol–water partition coefficient (Wildman–Crippen LogP) is 15.3. The molecule has 0 saturated carbocycles. The number of hydrogen-bond donors (Lipinski definition) is 1. The molecule has 2 aromatic carbocycles. The molecule has 0 saturated heterocycles. The van der Waals surface area contributed by atoms with Gasteiger partial charge in [0.05, 0.1) is 12.5 Å². The van der Waals surface area contributed by atoms with Gasteiger partial charge in [-0.05, 0) is 105 Å². The van der Waals surface area contributed by atoms with Crippen LogP contribution in [0.5, 0.6) is 23.0 Å². The Morgan fingerprint density at radius 1 is 0.745 bits per heavy atom. The van der Waals surface area contributed by atoms with Crippen LogP contribution in [0.25, 0.3) is 10.8 Å². The van der Waals surface area contributed by atoms with Crippen LogP contribution in [-0.2, 0) is 6.42 Å². The number of allylic oxidation sites excluding steroid dienone is 6. The van der Waals surface area contributed by atoms with Crippen LogP contribution in [0.3, 0.4) is 0 Å². The number of rotatable bonds is 18. The molecule has 0 heterocycles. The lowest BCUT2D eigenvalue weighted by Crippen LogP contribution is -2.51. The van der Waals surface area contributed by atoms with Gasteiger partial charge in [0.1, 0.15) is 22.3 Å². The van der Waals surface area contributed by atoms with Gasteiger partial charge in [0, 0.05) is 11.6 Å². The van der Waals surface area contributed by atoms with E-state index in [1.54, 1.807) is 7.11 Å². The fraction of sp³-hybridized carbons (Fsp3) is 0.636. The number of fused-ring (bicyclic) bond motifs is 1. The van der Waals surface area contributed by atoms with Crippen LogP contribution >= 0.6 is 11.6 Å². The highest BCUT2D eigenvalue weighted by Gasteiger charge is 2.49. The van der Waals surface area contributed by atoms with Gasteiger partial charge in [-0.3, -0.25) is 0 Å². The second-order valence-corrected chi connectivity index (χ2v) is 28.3. The quantitative estimate of drug-likeness (QED) is 0.122. The topological polar surface area (TPSA) is 47.9 Å². The average Bonchev–Trinajstić information content (AvgIpc) is 3.01. The number of benzene rings is 2. The molecule has 0 fully saturated rings. The molecule has 0 unspecified atom stereocenters. The van der Waals surface area contributed by atoms with Crippen LogP contribution < -0.4 is 13.6 Å². The zero-order valence-corrected chi connectivity index (χ0v) is 38.4. The average molecular weight is 758 g/mol.